The molecule has 1 heterocycles. The highest BCUT2D eigenvalue weighted by Gasteiger charge is 2.37. The molecule has 116 valence electrons. The van der Waals surface area contributed by atoms with Gasteiger partial charge in [-0.1, -0.05) is 51.1 Å². The van der Waals surface area contributed by atoms with Gasteiger partial charge in [0, 0.05) is 25.2 Å². The Bertz CT molecular complexity index is 486. The summed E-state index contributed by atoms with van der Waals surface area (Å²) in [6.45, 7) is 7.60. The molecule has 0 spiro atoms. The Hall–Kier alpha value is -1.39. The normalized spacial score (nSPS) is 24.4. The van der Waals surface area contributed by atoms with Crippen LogP contribution in [0.1, 0.15) is 38.8 Å². The number of hydrogen-bond donors (Lipinski definition) is 2. The minimum absolute atomic E-state index is 0.0372. The van der Waals surface area contributed by atoms with Gasteiger partial charge in [-0.3, -0.25) is 4.79 Å². The van der Waals surface area contributed by atoms with Crippen LogP contribution in [0.2, 0.25) is 0 Å². The lowest BCUT2D eigenvalue weighted by Gasteiger charge is -2.43. The number of carbonyl (C=O) groups excluding carboxylic acids is 1. The SMILES string of the molecule is CC(C(=O)N1CCC(N)C(C)(C)C1)C(N)c1ccccc1. The molecule has 3 unspecified atom stereocenters. The van der Waals surface area contributed by atoms with E-state index in [0.29, 0.717) is 6.54 Å². The Morgan fingerprint density at radius 3 is 2.52 bits per heavy atom. The number of likely N-dealkylation sites (tertiary alicyclic amines) is 1. The molecule has 1 fully saturated rings. The summed E-state index contributed by atoms with van der Waals surface area (Å²) in [5.41, 5.74) is 13.4. The Kier molecular flexibility index (Phi) is 4.69. The molecular formula is C17H27N3O. The van der Waals surface area contributed by atoms with E-state index in [1.54, 1.807) is 0 Å². The molecule has 0 aliphatic carbocycles. The summed E-state index contributed by atoms with van der Waals surface area (Å²) in [7, 11) is 0. The topological polar surface area (TPSA) is 72.3 Å². The average molecular weight is 289 g/mol. The maximum atomic E-state index is 12.7. The van der Waals surface area contributed by atoms with Crippen molar-refractivity contribution in [2.75, 3.05) is 13.1 Å². The summed E-state index contributed by atoms with van der Waals surface area (Å²) in [5, 5.41) is 0. The first-order valence-electron chi connectivity index (χ1n) is 7.68. The summed E-state index contributed by atoms with van der Waals surface area (Å²) < 4.78 is 0. The van der Waals surface area contributed by atoms with Crippen molar-refractivity contribution in [2.24, 2.45) is 22.8 Å². The first-order chi connectivity index (χ1) is 9.83. The second kappa shape index (κ2) is 6.16. The Labute approximate surface area is 127 Å². The van der Waals surface area contributed by atoms with Crippen molar-refractivity contribution in [3.8, 4) is 0 Å². The molecule has 0 saturated carbocycles. The van der Waals surface area contributed by atoms with Gasteiger partial charge in [-0.25, -0.2) is 0 Å². The minimum Gasteiger partial charge on any atom is -0.342 e. The van der Waals surface area contributed by atoms with Gasteiger partial charge in [0.25, 0.3) is 0 Å². The highest BCUT2D eigenvalue weighted by Crippen LogP contribution is 2.30. The molecule has 1 aliphatic rings. The van der Waals surface area contributed by atoms with Gasteiger partial charge in [0.1, 0.15) is 0 Å². The van der Waals surface area contributed by atoms with E-state index in [0.717, 1.165) is 18.5 Å². The quantitative estimate of drug-likeness (QED) is 0.893. The predicted octanol–water partition coefficient (Wildman–Crippen LogP) is 1.91. The Balaban J connectivity index is 2.06. The van der Waals surface area contributed by atoms with E-state index in [9.17, 15) is 4.79 Å². The van der Waals surface area contributed by atoms with Gasteiger partial charge in [-0.05, 0) is 17.4 Å². The number of rotatable bonds is 3. The van der Waals surface area contributed by atoms with Crippen LogP contribution >= 0.6 is 0 Å². The number of piperidine rings is 1. The van der Waals surface area contributed by atoms with Crippen LogP contribution in [-0.2, 0) is 4.79 Å². The van der Waals surface area contributed by atoms with Crippen molar-refractivity contribution < 1.29 is 4.79 Å². The third kappa shape index (κ3) is 3.44. The van der Waals surface area contributed by atoms with Crippen molar-refractivity contribution in [3.05, 3.63) is 35.9 Å². The molecule has 1 aromatic rings. The van der Waals surface area contributed by atoms with Gasteiger partial charge < -0.3 is 16.4 Å². The molecule has 0 aromatic heterocycles. The zero-order chi connectivity index (χ0) is 15.6. The number of carbonyl (C=O) groups is 1. The smallest absolute Gasteiger partial charge is 0.227 e. The van der Waals surface area contributed by atoms with Crippen molar-refractivity contribution in [1.29, 1.82) is 0 Å². The summed E-state index contributed by atoms with van der Waals surface area (Å²) in [6, 6.07) is 9.70. The number of nitrogens with zero attached hydrogens (tertiary/aromatic N) is 1. The fourth-order valence-corrected chi connectivity index (χ4v) is 2.97. The van der Waals surface area contributed by atoms with Crippen LogP contribution in [0.4, 0.5) is 0 Å². The minimum atomic E-state index is -0.266. The van der Waals surface area contributed by atoms with Crippen LogP contribution in [0.5, 0.6) is 0 Å². The molecule has 1 saturated heterocycles. The molecule has 1 aromatic carbocycles. The van der Waals surface area contributed by atoms with E-state index in [2.05, 4.69) is 13.8 Å². The molecule has 4 N–H and O–H groups in total. The molecular weight excluding hydrogens is 262 g/mol. The Morgan fingerprint density at radius 1 is 1.33 bits per heavy atom. The lowest BCUT2D eigenvalue weighted by molar-refractivity contribution is -0.139. The summed E-state index contributed by atoms with van der Waals surface area (Å²) in [5.74, 6) is -0.0937. The number of nitrogens with two attached hydrogens (primary N) is 2. The zero-order valence-electron chi connectivity index (χ0n) is 13.3. The third-order valence-electron chi connectivity index (χ3n) is 4.74. The molecule has 0 radical (unpaired) electrons. The standard InChI is InChI=1S/C17H27N3O/c1-12(15(19)13-7-5-4-6-8-13)16(21)20-10-9-14(18)17(2,3)11-20/h4-8,12,14-15H,9-11,18-19H2,1-3H3. The highest BCUT2D eigenvalue weighted by molar-refractivity contribution is 5.79. The number of benzene rings is 1. The maximum absolute atomic E-state index is 12.7. The van der Waals surface area contributed by atoms with E-state index in [1.807, 2.05) is 42.2 Å². The van der Waals surface area contributed by atoms with E-state index in [-0.39, 0.29) is 29.3 Å². The molecule has 3 atom stereocenters. The monoisotopic (exact) mass is 289 g/mol. The third-order valence-corrected chi connectivity index (χ3v) is 4.74. The van der Waals surface area contributed by atoms with E-state index < -0.39 is 0 Å². The largest absolute Gasteiger partial charge is 0.342 e. The first-order valence-corrected chi connectivity index (χ1v) is 7.68. The average Bonchev–Trinajstić information content (AvgIpc) is 2.48. The Morgan fingerprint density at radius 2 is 1.95 bits per heavy atom. The lowest BCUT2D eigenvalue weighted by atomic mass is 9.79. The molecule has 1 amide bonds. The van der Waals surface area contributed by atoms with Gasteiger partial charge in [0.2, 0.25) is 5.91 Å². The summed E-state index contributed by atoms with van der Waals surface area (Å²) >= 11 is 0. The fourth-order valence-electron chi connectivity index (χ4n) is 2.97. The lowest BCUT2D eigenvalue weighted by Crippen LogP contribution is -2.55. The summed E-state index contributed by atoms with van der Waals surface area (Å²) in [6.07, 6.45) is 0.853. The predicted molar refractivity (Wildman–Crippen MR) is 85.5 cm³/mol. The van der Waals surface area contributed by atoms with Crippen LogP contribution in [0.25, 0.3) is 0 Å². The van der Waals surface area contributed by atoms with E-state index >= 15 is 0 Å². The van der Waals surface area contributed by atoms with Gasteiger partial charge in [0.05, 0.1) is 5.92 Å². The van der Waals surface area contributed by atoms with Crippen molar-refractivity contribution in [1.82, 2.24) is 4.90 Å². The number of amides is 1. The van der Waals surface area contributed by atoms with Gasteiger partial charge in [-0.15, -0.1) is 0 Å². The van der Waals surface area contributed by atoms with Gasteiger partial charge in [0.15, 0.2) is 0 Å². The zero-order valence-corrected chi connectivity index (χ0v) is 13.3. The van der Waals surface area contributed by atoms with Gasteiger partial charge in [-0.2, -0.15) is 0 Å². The summed E-state index contributed by atoms with van der Waals surface area (Å²) in [4.78, 5) is 14.6. The second-order valence-corrected chi connectivity index (χ2v) is 6.87. The molecule has 4 nitrogen and oxygen atoms in total. The van der Waals surface area contributed by atoms with Gasteiger partial charge >= 0.3 is 0 Å². The molecule has 0 bridgehead atoms. The molecule has 2 rings (SSSR count). The fraction of sp³-hybridized carbons (Fsp3) is 0.588. The molecule has 1 aliphatic heterocycles. The van der Waals surface area contributed by atoms with Crippen molar-refractivity contribution in [2.45, 2.75) is 39.3 Å². The van der Waals surface area contributed by atoms with Crippen molar-refractivity contribution in [3.63, 3.8) is 0 Å². The van der Waals surface area contributed by atoms with Crippen LogP contribution < -0.4 is 11.5 Å². The molecule has 21 heavy (non-hydrogen) atoms. The number of hydrogen-bond acceptors (Lipinski definition) is 3. The second-order valence-electron chi connectivity index (χ2n) is 6.87. The maximum Gasteiger partial charge on any atom is 0.227 e. The first kappa shape index (κ1) is 16.0. The van der Waals surface area contributed by atoms with E-state index in [1.165, 1.54) is 0 Å². The van der Waals surface area contributed by atoms with Crippen LogP contribution in [-0.4, -0.2) is 29.9 Å². The van der Waals surface area contributed by atoms with Crippen molar-refractivity contribution >= 4 is 5.91 Å². The van der Waals surface area contributed by atoms with Crippen LogP contribution in [0, 0.1) is 11.3 Å². The molecule has 4 heteroatoms. The van der Waals surface area contributed by atoms with E-state index in [4.69, 9.17) is 11.5 Å². The van der Waals surface area contributed by atoms with Crippen LogP contribution in [0.3, 0.4) is 0 Å². The van der Waals surface area contributed by atoms with Crippen LogP contribution in [0.15, 0.2) is 30.3 Å². The highest BCUT2D eigenvalue weighted by atomic mass is 16.2.